The van der Waals surface area contributed by atoms with Gasteiger partial charge in [-0.3, -0.25) is 18.7 Å². The summed E-state index contributed by atoms with van der Waals surface area (Å²) >= 11 is 7.55. The number of fused-ring (bicyclic) bond motifs is 2. The number of rotatable bonds is 4. The van der Waals surface area contributed by atoms with Crippen molar-refractivity contribution in [2.75, 3.05) is 0 Å². The van der Waals surface area contributed by atoms with Gasteiger partial charge in [0.1, 0.15) is 5.82 Å². The molecule has 0 aliphatic rings. The van der Waals surface area contributed by atoms with Crippen LogP contribution < -0.4 is 11.1 Å². The number of benzene rings is 3. The Kier molecular flexibility index (Phi) is 5.75. The van der Waals surface area contributed by atoms with Crippen LogP contribution in [-0.2, 0) is 12.8 Å². The van der Waals surface area contributed by atoms with Crippen LogP contribution in [0.15, 0.2) is 75.4 Å². The molecule has 0 unspecified atom stereocenters. The number of hydrogen-bond acceptors (Lipinski definition) is 5. The van der Waals surface area contributed by atoms with E-state index in [2.05, 4.69) is 4.98 Å². The van der Waals surface area contributed by atoms with Gasteiger partial charge in [0.15, 0.2) is 5.16 Å². The topological polar surface area (TPSA) is 69.8 Å². The van der Waals surface area contributed by atoms with Crippen molar-refractivity contribution in [1.82, 2.24) is 19.1 Å². The molecule has 5 rings (SSSR count). The average molecular weight is 489 g/mol. The molecule has 0 saturated carbocycles. The summed E-state index contributed by atoms with van der Waals surface area (Å²) in [6, 6.07) is 18.2. The fourth-order valence-electron chi connectivity index (χ4n) is 3.95. The second-order valence-corrected chi connectivity index (χ2v) is 9.49. The lowest BCUT2D eigenvalue weighted by Gasteiger charge is -2.17. The molecule has 0 aliphatic heterocycles. The van der Waals surface area contributed by atoms with Crippen LogP contribution in [0, 0.1) is 13.8 Å². The van der Waals surface area contributed by atoms with E-state index in [-0.39, 0.29) is 11.1 Å². The van der Waals surface area contributed by atoms with Crippen molar-refractivity contribution in [3.8, 4) is 5.69 Å². The van der Waals surface area contributed by atoms with Crippen LogP contribution in [0.5, 0.6) is 0 Å². The third kappa shape index (κ3) is 3.81. The number of thioether (sulfide) groups is 1. The lowest BCUT2D eigenvalue weighted by molar-refractivity contribution is 0.778. The Bertz CT molecular complexity index is 1710. The van der Waals surface area contributed by atoms with Gasteiger partial charge in [0.2, 0.25) is 0 Å². The van der Waals surface area contributed by atoms with E-state index in [9.17, 15) is 9.59 Å². The van der Waals surface area contributed by atoms with E-state index in [0.717, 1.165) is 16.8 Å². The Balaban J connectivity index is 1.68. The molecule has 0 amide bonds. The number of hydrogen-bond donors (Lipinski definition) is 0. The molecular weight excluding hydrogens is 468 g/mol. The van der Waals surface area contributed by atoms with E-state index in [1.807, 2.05) is 50.2 Å². The predicted octanol–water partition coefficient (Wildman–Crippen LogP) is 5.20. The average Bonchev–Trinajstić information content (AvgIpc) is 2.82. The summed E-state index contributed by atoms with van der Waals surface area (Å²) in [6.07, 6.45) is 0. The molecule has 2 heterocycles. The van der Waals surface area contributed by atoms with Gasteiger partial charge in [-0.15, -0.1) is 0 Å². The zero-order valence-corrected chi connectivity index (χ0v) is 20.4. The monoisotopic (exact) mass is 488 g/mol. The molecule has 8 heteroatoms. The van der Waals surface area contributed by atoms with E-state index in [1.54, 1.807) is 40.4 Å². The molecule has 0 bridgehead atoms. The molecule has 0 spiro atoms. The van der Waals surface area contributed by atoms with E-state index < -0.39 is 0 Å². The van der Waals surface area contributed by atoms with Crippen molar-refractivity contribution in [1.29, 1.82) is 0 Å². The summed E-state index contributed by atoms with van der Waals surface area (Å²) in [7, 11) is 1.71. The largest absolute Gasteiger partial charge is 0.299 e. The third-order valence-electron chi connectivity index (χ3n) is 6.02. The fourth-order valence-corrected chi connectivity index (χ4v) is 5.10. The van der Waals surface area contributed by atoms with Crippen molar-refractivity contribution in [3.05, 3.63) is 103 Å². The maximum atomic E-state index is 13.6. The summed E-state index contributed by atoms with van der Waals surface area (Å²) in [4.78, 5) is 35.9. The maximum Gasteiger partial charge on any atom is 0.266 e. The van der Waals surface area contributed by atoms with Crippen molar-refractivity contribution >= 4 is 45.2 Å². The number of aryl methyl sites for hydroxylation is 1. The SMILES string of the molecule is Cc1cccc(-n2c(SCc3nc4ccccc4c(=O)n3C)nc3cc(Cl)ccc3c2=O)c1C. The van der Waals surface area contributed by atoms with E-state index >= 15 is 0 Å². The Hall–Kier alpha value is -3.42. The van der Waals surface area contributed by atoms with Crippen LogP contribution in [-0.4, -0.2) is 19.1 Å². The highest BCUT2D eigenvalue weighted by Gasteiger charge is 2.17. The molecule has 0 saturated heterocycles. The van der Waals surface area contributed by atoms with Crippen LogP contribution in [0.2, 0.25) is 5.02 Å². The van der Waals surface area contributed by atoms with Crippen LogP contribution in [0.25, 0.3) is 27.5 Å². The zero-order chi connectivity index (χ0) is 24.0. The quantitative estimate of drug-likeness (QED) is 0.257. The number of aromatic nitrogens is 4. The number of para-hydroxylation sites is 1. The first-order chi connectivity index (χ1) is 16.3. The van der Waals surface area contributed by atoms with E-state index in [4.69, 9.17) is 16.6 Å². The van der Waals surface area contributed by atoms with Crippen LogP contribution in [0.1, 0.15) is 17.0 Å². The standard InChI is InChI=1S/C26H21ClN4O2S/c1-15-7-6-10-22(16(15)2)31-25(33)19-12-11-17(27)13-21(19)29-26(31)34-14-23-28-20-9-5-4-8-18(20)24(32)30(23)3/h4-13H,14H2,1-3H3. The Morgan fingerprint density at radius 3 is 2.47 bits per heavy atom. The number of nitrogens with zero attached hydrogens (tertiary/aromatic N) is 4. The molecule has 0 N–H and O–H groups in total. The molecule has 0 fully saturated rings. The van der Waals surface area contributed by atoms with Crippen molar-refractivity contribution in [2.45, 2.75) is 24.8 Å². The highest BCUT2D eigenvalue weighted by Crippen LogP contribution is 2.27. The molecule has 6 nitrogen and oxygen atoms in total. The van der Waals surface area contributed by atoms with Crippen molar-refractivity contribution < 1.29 is 0 Å². The van der Waals surface area contributed by atoms with Gasteiger partial charge < -0.3 is 0 Å². The highest BCUT2D eigenvalue weighted by molar-refractivity contribution is 7.98. The van der Waals surface area contributed by atoms with Gasteiger partial charge in [0.25, 0.3) is 11.1 Å². The minimum Gasteiger partial charge on any atom is -0.299 e. The highest BCUT2D eigenvalue weighted by atomic mass is 35.5. The van der Waals surface area contributed by atoms with Crippen molar-refractivity contribution in [2.24, 2.45) is 7.05 Å². The van der Waals surface area contributed by atoms with Gasteiger partial charge in [-0.2, -0.15) is 0 Å². The smallest absolute Gasteiger partial charge is 0.266 e. The second kappa shape index (κ2) is 8.74. The zero-order valence-electron chi connectivity index (χ0n) is 18.9. The van der Waals surface area contributed by atoms with Crippen LogP contribution in [0.4, 0.5) is 0 Å². The summed E-state index contributed by atoms with van der Waals surface area (Å²) in [5.74, 6) is 0.960. The number of halogens is 1. The van der Waals surface area contributed by atoms with E-state index in [0.29, 0.717) is 43.6 Å². The molecule has 0 atom stereocenters. The van der Waals surface area contributed by atoms with Gasteiger partial charge in [-0.1, -0.05) is 47.6 Å². The van der Waals surface area contributed by atoms with Gasteiger partial charge in [0.05, 0.1) is 33.2 Å². The normalized spacial score (nSPS) is 11.4. The Labute approximate surface area is 204 Å². The minimum absolute atomic E-state index is 0.105. The predicted molar refractivity (Wildman–Crippen MR) is 138 cm³/mol. The molecule has 0 aliphatic carbocycles. The molecule has 0 radical (unpaired) electrons. The van der Waals surface area contributed by atoms with Gasteiger partial charge in [-0.05, 0) is 61.4 Å². The summed E-state index contributed by atoms with van der Waals surface area (Å²) < 4.78 is 3.19. The first-order valence-electron chi connectivity index (χ1n) is 10.7. The second-order valence-electron chi connectivity index (χ2n) is 8.11. The van der Waals surface area contributed by atoms with Crippen LogP contribution >= 0.6 is 23.4 Å². The molecule has 5 aromatic rings. The molecular formula is C26H21ClN4O2S. The lowest BCUT2D eigenvalue weighted by Crippen LogP contribution is -2.24. The molecule has 170 valence electrons. The summed E-state index contributed by atoms with van der Waals surface area (Å²) in [5.41, 5.74) is 3.75. The maximum absolute atomic E-state index is 13.6. The summed E-state index contributed by atoms with van der Waals surface area (Å²) in [6.45, 7) is 4.01. The Morgan fingerprint density at radius 1 is 0.882 bits per heavy atom. The summed E-state index contributed by atoms with van der Waals surface area (Å²) in [5, 5.41) is 2.09. The van der Waals surface area contributed by atoms with Crippen LogP contribution in [0.3, 0.4) is 0 Å². The van der Waals surface area contributed by atoms with E-state index in [1.165, 1.54) is 11.8 Å². The lowest BCUT2D eigenvalue weighted by atomic mass is 10.1. The third-order valence-corrected chi connectivity index (χ3v) is 7.19. The minimum atomic E-state index is -0.168. The molecule has 34 heavy (non-hydrogen) atoms. The van der Waals surface area contributed by atoms with Gasteiger partial charge in [-0.25, -0.2) is 9.97 Å². The first kappa shape index (κ1) is 22.4. The van der Waals surface area contributed by atoms with Gasteiger partial charge in [0, 0.05) is 12.1 Å². The Morgan fingerprint density at radius 2 is 1.65 bits per heavy atom. The fraction of sp³-hybridized carbons (Fsp3) is 0.154. The molecule has 3 aromatic carbocycles. The first-order valence-corrected chi connectivity index (χ1v) is 12.1. The molecule has 2 aromatic heterocycles. The van der Waals surface area contributed by atoms with Gasteiger partial charge >= 0.3 is 0 Å². The van der Waals surface area contributed by atoms with Crippen molar-refractivity contribution in [3.63, 3.8) is 0 Å².